The second-order valence-corrected chi connectivity index (χ2v) is 5.55. The van der Waals surface area contributed by atoms with E-state index in [0.717, 1.165) is 16.5 Å². The first-order chi connectivity index (χ1) is 11.3. The summed E-state index contributed by atoms with van der Waals surface area (Å²) in [4.78, 5) is 0. The normalized spacial score (nSPS) is 13.6. The van der Waals surface area contributed by atoms with Crippen molar-refractivity contribution in [1.82, 2.24) is 9.88 Å². The maximum Gasteiger partial charge on any atom is 0.0998 e. The molecule has 2 N–H and O–H groups in total. The van der Waals surface area contributed by atoms with E-state index in [0.29, 0.717) is 12.1 Å². The Labute approximate surface area is 135 Å². The van der Waals surface area contributed by atoms with Gasteiger partial charge in [-0.2, -0.15) is 5.26 Å². The van der Waals surface area contributed by atoms with E-state index >= 15 is 0 Å². The molecule has 0 unspecified atom stereocenters. The lowest BCUT2D eigenvalue weighted by Crippen LogP contribution is -2.33. The molecule has 4 heteroatoms. The maximum absolute atomic E-state index is 10.7. The Balaban J connectivity index is 2.16. The number of benzene rings is 2. The smallest absolute Gasteiger partial charge is 0.0998 e. The first kappa shape index (κ1) is 15.3. The van der Waals surface area contributed by atoms with Gasteiger partial charge in [0.1, 0.15) is 0 Å². The van der Waals surface area contributed by atoms with E-state index in [1.54, 1.807) is 0 Å². The average Bonchev–Trinajstić information content (AvgIpc) is 3.00. The van der Waals surface area contributed by atoms with Crippen molar-refractivity contribution in [3.8, 4) is 6.07 Å². The van der Waals surface area contributed by atoms with Crippen LogP contribution in [0.3, 0.4) is 0 Å². The highest BCUT2D eigenvalue weighted by molar-refractivity contribution is 5.86. The third kappa shape index (κ3) is 2.85. The Morgan fingerprint density at radius 2 is 1.91 bits per heavy atom. The second kappa shape index (κ2) is 6.66. The third-order valence-corrected chi connectivity index (χ3v) is 4.10. The molecule has 0 aliphatic carbocycles. The van der Waals surface area contributed by atoms with Gasteiger partial charge in [0.2, 0.25) is 0 Å². The fraction of sp³-hybridized carbons (Fsp3) is 0.211. The standard InChI is InChI=1S/C19H19N3O/c1-21-13-18(23)19(14-6-3-2-4-7-14)22-11-10-16-15(12-20)8-5-9-17(16)22/h2-11,18-19,21,23H,13H2,1H3/t18-,19+/m1/s1. The Morgan fingerprint density at radius 3 is 2.61 bits per heavy atom. The van der Waals surface area contributed by atoms with Crippen LogP contribution in [0.5, 0.6) is 0 Å². The van der Waals surface area contributed by atoms with E-state index in [2.05, 4.69) is 11.4 Å². The first-order valence-corrected chi connectivity index (χ1v) is 7.63. The summed E-state index contributed by atoms with van der Waals surface area (Å²) in [6.45, 7) is 0.483. The number of nitriles is 1. The molecule has 0 spiro atoms. The molecule has 116 valence electrons. The molecule has 0 fully saturated rings. The summed E-state index contributed by atoms with van der Waals surface area (Å²) in [6.07, 6.45) is 1.37. The third-order valence-electron chi connectivity index (χ3n) is 4.10. The van der Waals surface area contributed by atoms with Crippen LogP contribution in [-0.2, 0) is 0 Å². The number of fused-ring (bicyclic) bond motifs is 1. The molecule has 23 heavy (non-hydrogen) atoms. The number of hydrogen-bond acceptors (Lipinski definition) is 3. The minimum atomic E-state index is -0.580. The Bertz CT molecular complexity index is 833. The highest BCUT2D eigenvalue weighted by Crippen LogP contribution is 2.29. The average molecular weight is 305 g/mol. The second-order valence-electron chi connectivity index (χ2n) is 5.55. The van der Waals surface area contributed by atoms with E-state index in [1.165, 1.54) is 0 Å². The molecule has 0 amide bonds. The van der Waals surface area contributed by atoms with E-state index in [1.807, 2.05) is 72.4 Å². The van der Waals surface area contributed by atoms with Gasteiger partial charge in [0.05, 0.1) is 23.8 Å². The largest absolute Gasteiger partial charge is 0.389 e. The Hall–Kier alpha value is -2.61. The predicted molar refractivity (Wildman–Crippen MR) is 91.2 cm³/mol. The van der Waals surface area contributed by atoms with Crippen molar-refractivity contribution in [2.24, 2.45) is 0 Å². The molecule has 1 heterocycles. The van der Waals surface area contributed by atoms with Crippen LogP contribution >= 0.6 is 0 Å². The van der Waals surface area contributed by atoms with Crippen molar-refractivity contribution in [3.05, 3.63) is 71.9 Å². The number of rotatable bonds is 5. The fourth-order valence-corrected chi connectivity index (χ4v) is 3.07. The van der Waals surface area contributed by atoms with Crippen molar-refractivity contribution >= 4 is 10.9 Å². The minimum absolute atomic E-state index is 0.213. The number of aliphatic hydroxyl groups is 1. The lowest BCUT2D eigenvalue weighted by molar-refractivity contribution is 0.132. The Morgan fingerprint density at radius 1 is 1.13 bits per heavy atom. The number of aromatic nitrogens is 1. The van der Waals surface area contributed by atoms with Crippen LogP contribution < -0.4 is 5.32 Å². The van der Waals surface area contributed by atoms with Gasteiger partial charge in [-0.3, -0.25) is 0 Å². The molecule has 2 aromatic carbocycles. The summed E-state index contributed by atoms with van der Waals surface area (Å²) in [5, 5.41) is 23.9. The summed E-state index contributed by atoms with van der Waals surface area (Å²) in [7, 11) is 1.83. The van der Waals surface area contributed by atoms with Crippen LogP contribution in [0.4, 0.5) is 0 Å². The molecule has 0 bridgehead atoms. The lowest BCUT2D eigenvalue weighted by Gasteiger charge is -2.26. The molecule has 0 aliphatic rings. The summed E-state index contributed by atoms with van der Waals surface area (Å²) in [6, 6.07) is 19.6. The molecule has 3 rings (SSSR count). The molecule has 0 saturated heterocycles. The van der Waals surface area contributed by atoms with E-state index in [4.69, 9.17) is 0 Å². The van der Waals surface area contributed by atoms with Crippen LogP contribution in [0.25, 0.3) is 10.9 Å². The SMILES string of the molecule is CNC[C@@H](O)[C@H](c1ccccc1)n1ccc2c(C#N)cccc21. The highest BCUT2D eigenvalue weighted by Gasteiger charge is 2.23. The van der Waals surface area contributed by atoms with Gasteiger partial charge in [0, 0.05) is 23.6 Å². The molecule has 0 radical (unpaired) electrons. The quantitative estimate of drug-likeness (QED) is 0.762. The van der Waals surface area contributed by atoms with Gasteiger partial charge in [0.15, 0.2) is 0 Å². The summed E-state index contributed by atoms with van der Waals surface area (Å²) >= 11 is 0. The van der Waals surface area contributed by atoms with Crippen LogP contribution in [0.1, 0.15) is 17.2 Å². The fourth-order valence-electron chi connectivity index (χ4n) is 3.07. The van der Waals surface area contributed by atoms with Crippen LogP contribution in [0.2, 0.25) is 0 Å². The minimum Gasteiger partial charge on any atom is -0.389 e. The first-order valence-electron chi connectivity index (χ1n) is 7.63. The summed E-state index contributed by atoms with van der Waals surface area (Å²) in [5.74, 6) is 0. The lowest BCUT2D eigenvalue weighted by atomic mass is 10.0. The predicted octanol–water partition coefficient (Wildman–Crippen LogP) is 2.68. The van der Waals surface area contributed by atoms with Crippen LogP contribution in [0.15, 0.2) is 60.8 Å². The zero-order valence-electron chi connectivity index (χ0n) is 13.0. The van der Waals surface area contributed by atoms with Gasteiger partial charge >= 0.3 is 0 Å². The summed E-state index contributed by atoms with van der Waals surface area (Å²) in [5.41, 5.74) is 2.64. The number of hydrogen-bond donors (Lipinski definition) is 2. The van der Waals surface area contributed by atoms with E-state index < -0.39 is 6.10 Å². The zero-order chi connectivity index (χ0) is 16.2. The Kier molecular flexibility index (Phi) is 4.42. The van der Waals surface area contributed by atoms with Gasteiger partial charge in [0.25, 0.3) is 0 Å². The van der Waals surface area contributed by atoms with Gasteiger partial charge in [-0.05, 0) is 30.8 Å². The highest BCUT2D eigenvalue weighted by atomic mass is 16.3. The van der Waals surface area contributed by atoms with Crippen LogP contribution in [0, 0.1) is 11.3 Å². The molecule has 4 nitrogen and oxygen atoms in total. The van der Waals surface area contributed by atoms with Crippen molar-refractivity contribution in [3.63, 3.8) is 0 Å². The number of nitrogens with one attached hydrogen (secondary N) is 1. The monoisotopic (exact) mass is 305 g/mol. The van der Waals surface area contributed by atoms with Gasteiger partial charge in [-0.25, -0.2) is 0 Å². The van der Waals surface area contributed by atoms with Crippen molar-refractivity contribution < 1.29 is 5.11 Å². The van der Waals surface area contributed by atoms with Crippen molar-refractivity contribution in [1.29, 1.82) is 5.26 Å². The number of nitrogens with zero attached hydrogens (tertiary/aromatic N) is 2. The topological polar surface area (TPSA) is 61.0 Å². The van der Waals surface area contributed by atoms with Gasteiger partial charge in [-0.15, -0.1) is 0 Å². The van der Waals surface area contributed by atoms with E-state index in [9.17, 15) is 10.4 Å². The van der Waals surface area contributed by atoms with Gasteiger partial charge in [-0.1, -0.05) is 36.4 Å². The number of aliphatic hydroxyl groups excluding tert-OH is 1. The maximum atomic E-state index is 10.7. The molecular formula is C19H19N3O. The summed E-state index contributed by atoms with van der Waals surface area (Å²) < 4.78 is 2.05. The van der Waals surface area contributed by atoms with Crippen molar-refractivity contribution in [2.45, 2.75) is 12.1 Å². The molecule has 1 aromatic heterocycles. The van der Waals surface area contributed by atoms with E-state index in [-0.39, 0.29) is 6.04 Å². The number of likely N-dealkylation sites (N-methyl/N-ethyl adjacent to an activating group) is 1. The zero-order valence-corrected chi connectivity index (χ0v) is 13.0. The molecule has 0 saturated carbocycles. The molecule has 0 aliphatic heterocycles. The molecule has 3 aromatic rings. The molecular weight excluding hydrogens is 286 g/mol. The van der Waals surface area contributed by atoms with Crippen molar-refractivity contribution in [2.75, 3.05) is 13.6 Å². The van der Waals surface area contributed by atoms with Gasteiger partial charge < -0.3 is 15.0 Å². The molecule has 2 atom stereocenters. The van der Waals surface area contributed by atoms with Crippen LogP contribution in [-0.4, -0.2) is 29.4 Å².